The van der Waals surface area contributed by atoms with Crippen LogP contribution in [0, 0.1) is 4.91 Å². The van der Waals surface area contributed by atoms with Crippen molar-refractivity contribution in [1.29, 1.82) is 0 Å². The number of hydrogen-bond acceptors (Lipinski definition) is 4. The Morgan fingerprint density at radius 2 is 2.27 bits per heavy atom. The van der Waals surface area contributed by atoms with Crippen LogP contribution in [0.5, 0.6) is 0 Å². The van der Waals surface area contributed by atoms with Gasteiger partial charge in [-0.15, -0.1) is 4.91 Å². The summed E-state index contributed by atoms with van der Waals surface area (Å²) in [5, 5.41) is 3.53. The van der Waals surface area contributed by atoms with Crippen molar-refractivity contribution in [3.8, 4) is 0 Å². The van der Waals surface area contributed by atoms with Crippen LogP contribution in [-0.2, 0) is 9.53 Å². The van der Waals surface area contributed by atoms with Crippen molar-refractivity contribution in [1.82, 2.24) is 5.01 Å². The molecule has 5 nitrogen and oxygen atoms in total. The van der Waals surface area contributed by atoms with Crippen LogP contribution in [0.15, 0.2) is 5.29 Å². The smallest absolute Gasteiger partial charge is 0.307 e. The SMILES string of the molecule is CCCC(=O)OCN(C)N=O. The van der Waals surface area contributed by atoms with Gasteiger partial charge >= 0.3 is 5.97 Å². The highest BCUT2D eigenvalue weighted by Crippen LogP contribution is 1.92. The van der Waals surface area contributed by atoms with Gasteiger partial charge in [0.25, 0.3) is 0 Å². The molecule has 0 atom stereocenters. The first kappa shape index (κ1) is 9.87. The van der Waals surface area contributed by atoms with E-state index in [4.69, 9.17) is 0 Å². The highest BCUT2D eigenvalue weighted by Gasteiger charge is 2.01. The minimum Gasteiger partial charge on any atom is -0.443 e. The first-order valence-corrected chi connectivity index (χ1v) is 3.40. The van der Waals surface area contributed by atoms with E-state index in [0.29, 0.717) is 6.42 Å². The van der Waals surface area contributed by atoms with Gasteiger partial charge in [-0.25, -0.2) is 5.01 Å². The maximum Gasteiger partial charge on any atom is 0.307 e. The van der Waals surface area contributed by atoms with Crippen molar-refractivity contribution in [2.45, 2.75) is 19.8 Å². The molecule has 5 heteroatoms. The van der Waals surface area contributed by atoms with Gasteiger partial charge in [-0.3, -0.25) is 4.79 Å². The predicted molar refractivity (Wildman–Crippen MR) is 39.4 cm³/mol. The van der Waals surface area contributed by atoms with E-state index in [2.05, 4.69) is 10.0 Å². The Hall–Kier alpha value is -1.13. The Kier molecular flexibility index (Phi) is 5.06. The van der Waals surface area contributed by atoms with E-state index in [1.165, 1.54) is 7.05 Å². The van der Waals surface area contributed by atoms with Gasteiger partial charge in [0, 0.05) is 13.5 Å². The third-order valence-corrected chi connectivity index (χ3v) is 1.01. The molecule has 0 aliphatic carbocycles. The van der Waals surface area contributed by atoms with Crippen LogP contribution in [0.4, 0.5) is 0 Å². The molecule has 0 rings (SSSR count). The summed E-state index contributed by atoms with van der Waals surface area (Å²) in [4.78, 5) is 20.4. The molecule has 0 spiro atoms. The van der Waals surface area contributed by atoms with E-state index in [0.717, 1.165) is 11.4 Å². The van der Waals surface area contributed by atoms with Crippen LogP contribution >= 0.6 is 0 Å². The highest BCUT2D eigenvalue weighted by molar-refractivity contribution is 5.69. The van der Waals surface area contributed by atoms with Crippen molar-refractivity contribution >= 4 is 5.97 Å². The number of esters is 1. The summed E-state index contributed by atoms with van der Waals surface area (Å²) in [6.07, 6.45) is 1.13. The summed E-state index contributed by atoms with van der Waals surface area (Å²) in [6, 6.07) is 0. The Bertz CT molecular complexity index is 138. The second-order valence-corrected chi connectivity index (χ2v) is 2.13. The van der Waals surface area contributed by atoms with E-state index < -0.39 is 0 Å². The van der Waals surface area contributed by atoms with Gasteiger partial charge in [0.05, 0.1) is 5.29 Å². The van der Waals surface area contributed by atoms with E-state index in [1.807, 2.05) is 6.92 Å². The van der Waals surface area contributed by atoms with Crippen LogP contribution in [0.2, 0.25) is 0 Å². The molecule has 0 saturated carbocycles. The van der Waals surface area contributed by atoms with Gasteiger partial charge in [-0.05, 0) is 6.42 Å². The molecule has 0 saturated heterocycles. The second-order valence-electron chi connectivity index (χ2n) is 2.13. The molecular weight excluding hydrogens is 148 g/mol. The maximum atomic E-state index is 10.7. The van der Waals surface area contributed by atoms with E-state index in [1.54, 1.807) is 0 Å². The predicted octanol–water partition coefficient (Wildman–Crippen LogP) is 0.900. The Morgan fingerprint density at radius 3 is 2.73 bits per heavy atom. The zero-order valence-electron chi connectivity index (χ0n) is 6.74. The lowest BCUT2D eigenvalue weighted by Gasteiger charge is -2.08. The highest BCUT2D eigenvalue weighted by atomic mass is 16.5. The zero-order valence-corrected chi connectivity index (χ0v) is 6.74. The van der Waals surface area contributed by atoms with Crippen LogP contribution < -0.4 is 0 Å². The van der Waals surface area contributed by atoms with Gasteiger partial charge in [0.15, 0.2) is 6.73 Å². The molecule has 0 fully saturated rings. The van der Waals surface area contributed by atoms with E-state index >= 15 is 0 Å². The van der Waals surface area contributed by atoms with Crippen LogP contribution in [0.3, 0.4) is 0 Å². The van der Waals surface area contributed by atoms with Gasteiger partial charge in [0.2, 0.25) is 0 Å². The average Bonchev–Trinajstić information content (AvgIpc) is 2.01. The number of carbonyl (C=O) groups excluding carboxylic acids is 1. The summed E-state index contributed by atoms with van der Waals surface area (Å²) in [6.45, 7) is 1.81. The molecule has 0 heterocycles. The first-order chi connectivity index (χ1) is 5.20. The summed E-state index contributed by atoms with van der Waals surface area (Å²) in [5.41, 5.74) is 0. The monoisotopic (exact) mass is 160 g/mol. The molecule has 11 heavy (non-hydrogen) atoms. The first-order valence-electron chi connectivity index (χ1n) is 3.40. The van der Waals surface area contributed by atoms with Crippen LogP contribution in [0.25, 0.3) is 0 Å². The largest absolute Gasteiger partial charge is 0.443 e. The van der Waals surface area contributed by atoms with Crippen LogP contribution in [0.1, 0.15) is 19.8 Å². The lowest BCUT2D eigenvalue weighted by atomic mass is 10.3. The maximum absolute atomic E-state index is 10.7. The summed E-state index contributed by atoms with van der Waals surface area (Å²) in [5.74, 6) is -0.303. The lowest BCUT2D eigenvalue weighted by molar-refractivity contribution is -0.148. The fraction of sp³-hybridized carbons (Fsp3) is 0.833. The molecule has 0 aliphatic rings. The average molecular weight is 160 g/mol. The Morgan fingerprint density at radius 1 is 1.64 bits per heavy atom. The molecular formula is C6H12N2O3. The van der Waals surface area contributed by atoms with Crippen molar-refractivity contribution < 1.29 is 9.53 Å². The summed E-state index contributed by atoms with van der Waals surface area (Å²) in [7, 11) is 1.44. The molecule has 0 unspecified atom stereocenters. The number of nitrogens with zero attached hydrogens (tertiary/aromatic N) is 2. The molecule has 0 amide bonds. The minimum atomic E-state index is -0.303. The molecule has 0 aromatic heterocycles. The summed E-state index contributed by atoms with van der Waals surface area (Å²) < 4.78 is 4.63. The number of hydrogen-bond donors (Lipinski definition) is 0. The van der Waals surface area contributed by atoms with Gasteiger partial charge in [-0.1, -0.05) is 6.92 Å². The quantitative estimate of drug-likeness (QED) is 0.259. The zero-order chi connectivity index (χ0) is 8.69. The van der Waals surface area contributed by atoms with Crippen molar-refractivity contribution in [3.05, 3.63) is 4.91 Å². The fourth-order valence-electron chi connectivity index (χ4n) is 0.465. The fourth-order valence-corrected chi connectivity index (χ4v) is 0.465. The van der Waals surface area contributed by atoms with Crippen molar-refractivity contribution in [3.63, 3.8) is 0 Å². The minimum absolute atomic E-state index is 0.0671. The van der Waals surface area contributed by atoms with Crippen LogP contribution in [-0.4, -0.2) is 24.8 Å². The van der Waals surface area contributed by atoms with E-state index in [-0.39, 0.29) is 12.7 Å². The third kappa shape index (κ3) is 5.32. The molecule has 0 N–H and O–H groups in total. The normalized spacial score (nSPS) is 8.91. The van der Waals surface area contributed by atoms with E-state index in [9.17, 15) is 9.70 Å². The van der Waals surface area contributed by atoms with Crippen molar-refractivity contribution in [2.24, 2.45) is 5.29 Å². The number of ether oxygens (including phenoxy) is 1. The molecule has 64 valence electrons. The molecule has 0 aromatic carbocycles. The third-order valence-electron chi connectivity index (χ3n) is 1.01. The summed E-state index contributed by atoms with van der Waals surface area (Å²) >= 11 is 0. The molecule has 0 bridgehead atoms. The molecule has 0 radical (unpaired) electrons. The van der Waals surface area contributed by atoms with Crippen molar-refractivity contribution in [2.75, 3.05) is 13.8 Å². The lowest BCUT2D eigenvalue weighted by Crippen LogP contribution is -2.18. The van der Waals surface area contributed by atoms with Gasteiger partial charge in [-0.2, -0.15) is 0 Å². The molecule has 0 aliphatic heterocycles. The number of nitroso groups, excluding NO2 is 1. The van der Waals surface area contributed by atoms with Gasteiger partial charge in [0.1, 0.15) is 0 Å². The Labute approximate surface area is 65.3 Å². The topological polar surface area (TPSA) is 59.0 Å². The second kappa shape index (κ2) is 5.64. The van der Waals surface area contributed by atoms with Gasteiger partial charge < -0.3 is 4.74 Å². The Balaban J connectivity index is 3.37. The standard InChI is InChI=1S/C6H12N2O3/c1-3-4-6(9)11-5-8(2)7-10/h3-5H2,1-2H3. The number of carbonyl (C=O) groups is 1. The number of rotatable bonds is 5. The molecule has 0 aromatic rings.